The van der Waals surface area contributed by atoms with Crippen molar-refractivity contribution in [2.45, 2.75) is 6.42 Å². The molecule has 120 valence electrons. The number of hydrazone groups is 1. The molecule has 2 rings (SSSR count). The zero-order valence-electron chi connectivity index (χ0n) is 12.9. The summed E-state index contributed by atoms with van der Waals surface area (Å²) in [5, 5.41) is 8.63. The summed E-state index contributed by atoms with van der Waals surface area (Å²) in [5.74, 6) is -0.823. The van der Waals surface area contributed by atoms with Gasteiger partial charge in [0.2, 0.25) is 11.8 Å². The second kappa shape index (κ2) is 8.65. The van der Waals surface area contributed by atoms with Gasteiger partial charge in [0.05, 0.1) is 12.8 Å². The van der Waals surface area contributed by atoms with Gasteiger partial charge in [-0.25, -0.2) is 5.43 Å². The number of ether oxygens (including phenoxy) is 1. The topological polar surface area (TPSA) is 79.8 Å². The fraction of sp³-hybridized carbons (Fsp3) is 0.235. The summed E-state index contributed by atoms with van der Waals surface area (Å²) < 4.78 is 4.81. The molecule has 0 saturated carbocycles. The molecular weight excluding hydrogens is 294 g/mol. The van der Waals surface area contributed by atoms with Crippen molar-refractivity contribution in [3.63, 3.8) is 0 Å². The number of nitrogens with one attached hydrogen (secondary N) is 2. The molecule has 0 unspecified atom stereocenters. The maximum absolute atomic E-state index is 11.6. The van der Waals surface area contributed by atoms with E-state index < -0.39 is 5.91 Å². The molecule has 2 aromatic carbocycles. The molecule has 6 heteroatoms. The van der Waals surface area contributed by atoms with E-state index in [1.807, 2.05) is 42.5 Å². The molecule has 2 aromatic rings. The molecule has 0 heterocycles. The van der Waals surface area contributed by atoms with E-state index in [4.69, 9.17) is 4.74 Å². The molecule has 0 aromatic heterocycles. The average molecular weight is 313 g/mol. The Morgan fingerprint density at radius 2 is 1.91 bits per heavy atom. The number of amides is 2. The Morgan fingerprint density at radius 1 is 1.13 bits per heavy atom. The highest BCUT2D eigenvalue weighted by atomic mass is 16.5. The molecule has 0 radical (unpaired) electrons. The highest BCUT2D eigenvalue weighted by Gasteiger charge is 2.07. The van der Waals surface area contributed by atoms with Crippen LogP contribution in [0.1, 0.15) is 12.0 Å². The number of hydrogen-bond acceptors (Lipinski definition) is 4. The molecule has 0 spiro atoms. The highest BCUT2D eigenvalue weighted by Crippen LogP contribution is 2.16. The average Bonchev–Trinajstić information content (AvgIpc) is 2.55. The van der Waals surface area contributed by atoms with E-state index in [0.717, 1.165) is 16.3 Å². The van der Waals surface area contributed by atoms with E-state index in [1.165, 1.54) is 0 Å². The first-order valence-corrected chi connectivity index (χ1v) is 7.26. The Labute approximate surface area is 134 Å². The number of nitrogens with zero attached hydrogens (tertiary/aromatic N) is 1. The van der Waals surface area contributed by atoms with Crippen LogP contribution in [-0.2, 0) is 14.3 Å². The highest BCUT2D eigenvalue weighted by molar-refractivity contribution is 6.00. The van der Waals surface area contributed by atoms with E-state index >= 15 is 0 Å². The molecule has 2 N–H and O–H groups in total. The molecule has 0 bridgehead atoms. The molecule has 0 saturated heterocycles. The van der Waals surface area contributed by atoms with Gasteiger partial charge in [-0.15, -0.1) is 0 Å². The van der Waals surface area contributed by atoms with Crippen LogP contribution in [0.3, 0.4) is 0 Å². The van der Waals surface area contributed by atoms with Crippen LogP contribution in [0.15, 0.2) is 47.6 Å². The molecule has 0 atom stereocenters. The predicted molar refractivity (Wildman–Crippen MR) is 89.2 cm³/mol. The third kappa shape index (κ3) is 5.19. The van der Waals surface area contributed by atoms with Gasteiger partial charge in [0.1, 0.15) is 6.42 Å². The zero-order chi connectivity index (χ0) is 16.5. The maximum Gasteiger partial charge on any atom is 0.249 e. The van der Waals surface area contributed by atoms with Crippen LogP contribution in [0.5, 0.6) is 0 Å². The summed E-state index contributed by atoms with van der Waals surface area (Å²) in [5.41, 5.74) is 3.25. The van der Waals surface area contributed by atoms with Gasteiger partial charge in [0, 0.05) is 19.2 Å². The van der Waals surface area contributed by atoms with E-state index in [1.54, 1.807) is 13.3 Å². The van der Waals surface area contributed by atoms with E-state index in [0.29, 0.717) is 13.2 Å². The van der Waals surface area contributed by atoms with Crippen LogP contribution < -0.4 is 10.7 Å². The number of methoxy groups -OCH3 is 1. The van der Waals surface area contributed by atoms with Gasteiger partial charge in [0.25, 0.3) is 0 Å². The first-order chi connectivity index (χ1) is 11.2. The van der Waals surface area contributed by atoms with Crippen LogP contribution in [0.2, 0.25) is 0 Å². The van der Waals surface area contributed by atoms with Gasteiger partial charge in [0.15, 0.2) is 0 Å². The van der Waals surface area contributed by atoms with Crippen LogP contribution >= 0.6 is 0 Å². The van der Waals surface area contributed by atoms with Crippen LogP contribution in [-0.4, -0.2) is 38.3 Å². The van der Waals surface area contributed by atoms with Gasteiger partial charge in [-0.05, 0) is 10.8 Å². The fourth-order valence-corrected chi connectivity index (χ4v) is 2.08. The fourth-order valence-electron chi connectivity index (χ4n) is 2.08. The Balaban J connectivity index is 1.88. The minimum absolute atomic E-state index is 0.267. The standard InChI is InChI=1S/C17H19N3O3/c1-23-10-9-18-16(21)11-17(22)20-19-12-14-7-4-6-13-5-2-3-8-15(13)14/h2-8,12H,9-11H2,1H3,(H,18,21)(H,20,22)/b19-12-. The summed E-state index contributed by atoms with van der Waals surface area (Å²) in [7, 11) is 1.54. The lowest BCUT2D eigenvalue weighted by Gasteiger charge is -2.04. The van der Waals surface area contributed by atoms with Crippen molar-refractivity contribution in [2.75, 3.05) is 20.3 Å². The molecule has 23 heavy (non-hydrogen) atoms. The van der Waals surface area contributed by atoms with Gasteiger partial charge < -0.3 is 10.1 Å². The smallest absolute Gasteiger partial charge is 0.249 e. The van der Waals surface area contributed by atoms with Crippen molar-refractivity contribution in [3.05, 3.63) is 48.0 Å². The minimum Gasteiger partial charge on any atom is -0.383 e. The summed E-state index contributed by atoms with van der Waals surface area (Å²) in [4.78, 5) is 23.1. The molecule has 0 aliphatic rings. The van der Waals surface area contributed by atoms with E-state index in [2.05, 4.69) is 15.8 Å². The number of hydrogen-bond donors (Lipinski definition) is 2. The third-order valence-corrected chi connectivity index (χ3v) is 3.17. The quantitative estimate of drug-likeness (QED) is 0.351. The first kappa shape index (κ1) is 16.6. The normalized spacial score (nSPS) is 10.8. The second-order valence-corrected chi connectivity index (χ2v) is 4.88. The Bertz CT molecular complexity index is 708. The first-order valence-electron chi connectivity index (χ1n) is 7.26. The lowest BCUT2D eigenvalue weighted by atomic mass is 10.1. The lowest BCUT2D eigenvalue weighted by molar-refractivity contribution is -0.129. The molecule has 2 amide bonds. The van der Waals surface area contributed by atoms with Gasteiger partial charge in [-0.2, -0.15) is 5.10 Å². The molecule has 6 nitrogen and oxygen atoms in total. The van der Waals surface area contributed by atoms with Gasteiger partial charge in [-0.1, -0.05) is 42.5 Å². The van der Waals surface area contributed by atoms with Crippen molar-refractivity contribution in [2.24, 2.45) is 5.10 Å². The monoisotopic (exact) mass is 313 g/mol. The van der Waals surface area contributed by atoms with Crippen molar-refractivity contribution >= 4 is 28.8 Å². The number of benzene rings is 2. The Hall–Kier alpha value is -2.73. The summed E-state index contributed by atoms with van der Waals surface area (Å²) >= 11 is 0. The van der Waals surface area contributed by atoms with Gasteiger partial charge in [-0.3, -0.25) is 9.59 Å². The largest absolute Gasteiger partial charge is 0.383 e. The number of carbonyl (C=O) groups excluding carboxylic acids is 2. The Morgan fingerprint density at radius 3 is 2.74 bits per heavy atom. The van der Waals surface area contributed by atoms with Crippen molar-refractivity contribution in [1.82, 2.24) is 10.7 Å². The minimum atomic E-state index is -0.462. The molecule has 0 aliphatic carbocycles. The molecular formula is C17H19N3O3. The number of fused-ring (bicyclic) bond motifs is 1. The lowest BCUT2D eigenvalue weighted by Crippen LogP contribution is -2.31. The third-order valence-electron chi connectivity index (χ3n) is 3.17. The van der Waals surface area contributed by atoms with Crippen molar-refractivity contribution in [1.29, 1.82) is 0 Å². The van der Waals surface area contributed by atoms with Crippen molar-refractivity contribution < 1.29 is 14.3 Å². The van der Waals surface area contributed by atoms with E-state index in [9.17, 15) is 9.59 Å². The summed E-state index contributed by atoms with van der Waals surface area (Å²) in [6, 6.07) is 13.8. The predicted octanol–water partition coefficient (Wildman–Crippen LogP) is 1.44. The second-order valence-electron chi connectivity index (χ2n) is 4.88. The van der Waals surface area contributed by atoms with Crippen LogP contribution in [0.25, 0.3) is 10.8 Å². The van der Waals surface area contributed by atoms with Crippen LogP contribution in [0, 0.1) is 0 Å². The van der Waals surface area contributed by atoms with Crippen molar-refractivity contribution in [3.8, 4) is 0 Å². The number of rotatable bonds is 7. The maximum atomic E-state index is 11.6. The summed E-state index contributed by atoms with van der Waals surface area (Å²) in [6.45, 7) is 0.786. The zero-order valence-corrected chi connectivity index (χ0v) is 12.9. The Kier molecular flexibility index (Phi) is 6.26. The van der Waals surface area contributed by atoms with Gasteiger partial charge >= 0.3 is 0 Å². The SMILES string of the molecule is COCCNC(=O)CC(=O)N/N=C\c1cccc2ccccc12. The van der Waals surface area contributed by atoms with E-state index in [-0.39, 0.29) is 12.3 Å². The molecule has 0 fully saturated rings. The van der Waals surface area contributed by atoms with Crippen LogP contribution in [0.4, 0.5) is 0 Å². The molecule has 0 aliphatic heterocycles. The number of carbonyl (C=O) groups is 2. The summed E-state index contributed by atoms with van der Waals surface area (Å²) in [6.07, 6.45) is 1.31.